The molecule has 1 heterocycles. The van der Waals surface area contributed by atoms with Gasteiger partial charge in [-0.1, -0.05) is 27.2 Å². The second-order valence-electron chi connectivity index (χ2n) is 5.94. The molecule has 0 atom stereocenters. The van der Waals surface area contributed by atoms with Gasteiger partial charge in [0.25, 0.3) is 0 Å². The Hall–Kier alpha value is -0.830. The molecule has 0 bridgehead atoms. The van der Waals surface area contributed by atoms with E-state index < -0.39 is 0 Å². The lowest BCUT2D eigenvalue weighted by molar-refractivity contribution is 0.337. The summed E-state index contributed by atoms with van der Waals surface area (Å²) in [5, 5.41) is 8.19. The fourth-order valence-corrected chi connectivity index (χ4v) is 2.17. The van der Waals surface area contributed by atoms with Crippen LogP contribution in [0.4, 0.5) is 0 Å². The summed E-state index contributed by atoms with van der Waals surface area (Å²) in [6, 6.07) is 0.744. The SMILES string of the molecule is Cn1cc(CNC2CCC2)c(C(C)(C)C)n1. The van der Waals surface area contributed by atoms with Crippen LogP contribution < -0.4 is 5.32 Å². The highest BCUT2D eigenvalue weighted by Gasteiger charge is 2.23. The Morgan fingerprint density at radius 1 is 1.44 bits per heavy atom. The molecule has 0 amide bonds. The van der Waals surface area contributed by atoms with Gasteiger partial charge in [0.1, 0.15) is 0 Å². The van der Waals surface area contributed by atoms with Crippen molar-refractivity contribution in [2.24, 2.45) is 7.05 Å². The second kappa shape index (κ2) is 4.21. The van der Waals surface area contributed by atoms with Crippen LogP contribution in [-0.4, -0.2) is 15.8 Å². The van der Waals surface area contributed by atoms with E-state index in [1.807, 2.05) is 11.7 Å². The van der Waals surface area contributed by atoms with Crippen LogP contribution in [0.3, 0.4) is 0 Å². The van der Waals surface area contributed by atoms with Crippen LogP contribution in [0.1, 0.15) is 51.3 Å². The Bertz CT molecular complexity index is 356. The molecule has 1 fully saturated rings. The van der Waals surface area contributed by atoms with E-state index in [1.54, 1.807) is 0 Å². The molecule has 1 N–H and O–H groups in total. The molecular weight excluding hydrogens is 198 g/mol. The van der Waals surface area contributed by atoms with Crippen molar-refractivity contribution < 1.29 is 0 Å². The molecule has 16 heavy (non-hydrogen) atoms. The fraction of sp³-hybridized carbons (Fsp3) is 0.769. The molecule has 2 rings (SSSR count). The van der Waals surface area contributed by atoms with Crippen molar-refractivity contribution in [2.45, 2.75) is 58.0 Å². The largest absolute Gasteiger partial charge is 0.310 e. The molecule has 1 aromatic rings. The molecule has 0 radical (unpaired) electrons. The topological polar surface area (TPSA) is 29.9 Å². The van der Waals surface area contributed by atoms with Crippen molar-refractivity contribution in [2.75, 3.05) is 0 Å². The number of aryl methyl sites for hydroxylation is 1. The lowest BCUT2D eigenvalue weighted by Gasteiger charge is -2.27. The van der Waals surface area contributed by atoms with Gasteiger partial charge in [0, 0.05) is 36.8 Å². The van der Waals surface area contributed by atoms with Gasteiger partial charge in [0.2, 0.25) is 0 Å². The fourth-order valence-electron chi connectivity index (χ4n) is 2.17. The first-order valence-electron chi connectivity index (χ1n) is 6.23. The van der Waals surface area contributed by atoms with E-state index in [2.05, 4.69) is 37.4 Å². The van der Waals surface area contributed by atoms with E-state index in [1.165, 1.54) is 30.5 Å². The van der Waals surface area contributed by atoms with Crippen molar-refractivity contribution in [3.63, 3.8) is 0 Å². The summed E-state index contributed by atoms with van der Waals surface area (Å²) in [6.07, 6.45) is 6.21. The van der Waals surface area contributed by atoms with Crippen LogP contribution in [0.5, 0.6) is 0 Å². The minimum Gasteiger partial charge on any atom is -0.310 e. The van der Waals surface area contributed by atoms with Gasteiger partial charge in [-0.05, 0) is 12.8 Å². The molecule has 0 aliphatic heterocycles. The van der Waals surface area contributed by atoms with E-state index in [-0.39, 0.29) is 5.41 Å². The van der Waals surface area contributed by atoms with Crippen molar-refractivity contribution in [1.29, 1.82) is 0 Å². The molecule has 90 valence electrons. The van der Waals surface area contributed by atoms with Gasteiger partial charge in [0.15, 0.2) is 0 Å². The van der Waals surface area contributed by atoms with E-state index in [0.29, 0.717) is 0 Å². The summed E-state index contributed by atoms with van der Waals surface area (Å²) in [5.74, 6) is 0. The molecule has 1 aliphatic carbocycles. The van der Waals surface area contributed by atoms with Crippen LogP contribution in [-0.2, 0) is 19.0 Å². The highest BCUT2D eigenvalue weighted by molar-refractivity contribution is 5.24. The standard InChI is InChI=1S/C13H23N3/c1-13(2,3)12-10(9-16(4)15-12)8-14-11-6-5-7-11/h9,11,14H,5-8H2,1-4H3. The molecule has 1 aromatic heterocycles. The predicted molar refractivity (Wildman–Crippen MR) is 66.4 cm³/mol. The third-order valence-electron chi connectivity index (χ3n) is 3.30. The summed E-state index contributed by atoms with van der Waals surface area (Å²) in [6.45, 7) is 7.64. The van der Waals surface area contributed by atoms with Crippen molar-refractivity contribution in [3.8, 4) is 0 Å². The minimum absolute atomic E-state index is 0.137. The molecular formula is C13H23N3. The number of nitrogens with zero attached hydrogens (tertiary/aromatic N) is 2. The highest BCUT2D eigenvalue weighted by atomic mass is 15.3. The third-order valence-corrected chi connectivity index (χ3v) is 3.30. The molecule has 0 aromatic carbocycles. The van der Waals surface area contributed by atoms with Gasteiger partial charge in [-0.2, -0.15) is 5.10 Å². The average molecular weight is 221 g/mol. The van der Waals surface area contributed by atoms with Crippen LogP contribution in [0.15, 0.2) is 6.20 Å². The Balaban J connectivity index is 2.06. The number of rotatable bonds is 3. The predicted octanol–water partition coefficient (Wildman–Crippen LogP) is 2.36. The Kier molecular flexibility index (Phi) is 3.06. The Labute approximate surface area is 98.2 Å². The number of hydrogen-bond donors (Lipinski definition) is 1. The molecule has 0 spiro atoms. The second-order valence-corrected chi connectivity index (χ2v) is 5.94. The van der Waals surface area contributed by atoms with Crippen LogP contribution in [0.2, 0.25) is 0 Å². The summed E-state index contributed by atoms with van der Waals surface area (Å²) >= 11 is 0. The maximum Gasteiger partial charge on any atom is 0.0722 e. The summed E-state index contributed by atoms with van der Waals surface area (Å²) in [7, 11) is 2.00. The van der Waals surface area contributed by atoms with Crippen molar-refractivity contribution in [3.05, 3.63) is 17.5 Å². The van der Waals surface area contributed by atoms with Gasteiger partial charge in [-0.25, -0.2) is 0 Å². The average Bonchev–Trinajstić information content (AvgIpc) is 2.43. The van der Waals surface area contributed by atoms with Crippen LogP contribution in [0, 0.1) is 0 Å². The first kappa shape index (κ1) is 11.6. The van der Waals surface area contributed by atoms with Crippen LogP contribution >= 0.6 is 0 Å². The lowest BCUT2D eigenvalue weighted by Crippen LogP contribution is -2.35. The third kappa shape index (κ3) is 2.46. The van der Waals surface area contributed by atoms with E-state index in [9.17, 15) is 0 Å². The zero-order valence-electron chi connectivity index (χ0n) is 10.9. The first-order chi connectivity index (χ1) is 7.47. The molecule has 0 saturated heterocycles. The van der Waals surface area contributed by atoms with Gasteiger partial charge < -0.3 is 5.32 Å². The van der Waals surface area contributed by atoms with Crippen LogP contribution in [0.25, 0.3) is 0 Å². The summed E-state index contributed by atoms with van der Waals surface area (Å²) < 4.78 is 1.93. The van der Waals surface area contributed by atoms with Crippen molar-refractivity contribution >= 4 is 0 Å². The van der Waals surface area contributed by atoms with E-state index in [0.717, 1.165) is 12.6 Å². The first-order valence-corrected chi connectivity index (χ1v) is 6.23. The Morgan fingerprint density at radius 3 is 2.62 bits per heavy atom. The molecule has 1 aliphatic rings. The van der Waals surface area contributed by atoms with E-state index in [4.69, 9.17) is 0 Å². The maximum atomic E-state index is 4.58. The number of aromatic nitrogens is 2. The molecule has 3 heteroatoms. The molecule has 0 unspecified atom stereocenters. The van der Waals surface area contributed by atoms with Gasteiger partial charge >= 0.3 is 0 Å². The zero-order valence-corrected chi connectivity index (χ0v) is 10.9. The normalized spacial score (nSPS) is 17.5. The van der Waals surface area contributed by atoms with Gasteiger partial charge in [-0.3, -0.25) is 4.68 Å². The Morgan fingerprint density at radius 2 is 2.12 bits per heavy atom. The maximum absolute atomic E-state index is 4.58. The molecule has 3 nitrogen and oxygen atoms in total. The minimum atomic E-state index is 0.137. The summed E-state index contributed by atoms with van der Waals surface area (Å²) in [5.41, 5.74) is 2.71. The highest BCUT2D eigenvalue weighted by Crippen LogP contribution is 2.25. The zero-order chi connectivity index (χ0) is 11.8. The summed E-state index contributed by atoms with van der Waals surface area (Å²) in [4.78, 5) is 0. The van der Waals surface area contributed by atoms with Gasteiger partial charge in [-0.15, -0.1) is 0 Å². The monoisotopic (exact) mass is 221 g/mol. The van der Waals surface area contributed by atoms with Crippen molar-refractivity contribution in [1.82, 2.24) is 15.1 Å². The number of hydrogen-bond acceptors (Lipinski definition) is 2. The number of nitrogens with one attached hydrogen (secondary N) is 1. The molecule has 1 saturated carbocycles. The van der Waals surface area contributed by atoms with E-state index >= 15 is 0 Å². The van der Waals surface area contributed by atoms with Gasteiger partial charge in [0.05, 0.1) is 5.69 Å². The smallest absolute Gasteiger partial charge is 0.0722 e. The lowest BCUT2D eigenvalue weighted by atomic mass is 9.89. The quantitative estimate of drug-likeness (QED) is 0.849.